The van der Waals surface area contributed by atoms with E-state index in [1.54, 1.807) is 19.1 Å². The SMILES string of the molecule is Cc1onc(-c2ccc(F)cc2)c1CCOC=O. The van der Waals surface area contributed by atoms with E-state index in [1.165, 1.54) is 12.1 Å². The second-order valence-corrected chi connectivity index (χ2v) is 3.79. The fourth-order valence-electron chi connectivity index (χ4n) is 1.73. The lowest BCUT2D eigenvalue weighted by atomic mass is 10.0. The van der Waals surface area contributed by atoms with Gasteiger partial charge in [-0.1, -0.05) is 5.16 Å². The average molecular weight is 249 g/mol. The molecule has 0 atom stereocenters. The maximum atomic E-state index is 12.9. The molecule has 2 rings (SSSR count). The van der Waals surface area contributed by atoms with Crippen LogP contribution in [0.2, 0.25) is 0 Å². The highest BCUT2D eigenvalue weighted by atomic mass is 19.1. The molecule has 0 N–H and O–H groups in total. The zero-order valence-electron chi connectivity index (χ0n) is 9.85. The van der Waals surface area contributed by atoms with Crippen molar-refractivity contribution in [3.8, 4) is 11.3 Å². The molecule has 5 heteroatoms. The fraction of sp³-hybridized carbons (Fsp3) is 0.231. The third-order valence-corrected chi connectivity index (χ3v) is 2.64. The summed E-state index contributed by atoms with van der Waals surface area (Å²) in [5.41, 5.74) is 2.29. The third-order valence-electron chi connectivity index (χ3n) is 2.64. The second kappa shape index (κ2) is 5.44. The number of aryl methyl sites for hydroxylation is 1. The maximum Gasteiger partial charge on any atom is 0.293 e. The van der Waals surface area contributed by atoms with E-state index >= 15 is 0 Å². The molecule has 0 unspecified atom stereocenters. The van der Waals surface area contributed by atoms with Crippen LogP contribution in [0, 0.1) is 12.7 Å². The molecule has 4 nitrogen and oxygen atoms in total. The monoisotopic (exact) mass is 249 g/mol. The van der Waals surface area contributed by atoms with E-state index < -0.39 is 0 Å². The normalized spacial score (nSPS) is 10.3. The zero-order valence-corrected chi connectivity index (χ0v) is 9.85. The van der Waals surface area contributed by atoms with E-state index in [9.17, 15) is 9.18 Å². The van der Waals surface area contributed by atoms with Crippen LogP contribution in [0.4, 0.5) is 4.39 Å². The number of benzene rings is 1. The van der Waals surface area contributed by atoms with Crippen molar-refractivity contribution in [2.24, 2.45) is 0 Å². The smallest absolute Gasteiger partial charge is 0.293 e. The van der Waals surface area contributed by atoms with Crippen molar-refractivity contribution >= 4 is 6.47 Å². The number of rotatable bonds is 5. The van der Waals surface area contributed by atoms with Crippen LogP contribution in [0.3, 0.4) is 0 Å². The molecule has 0 radical (unpaired) electrons. The van der Waals surface area contributed by atoms with Gasteiger partial charge in [-0.25, -0.2) is 4.39 Å². The summed E-state index contributed by atoms with van der Waals surface area (Å²) in [5, 5.41) is 3.95. The Balaban J connectivity index is 2.27. The van der Waals surface area contributed by atoms with Gasteiger partial charge in [0.1, 0.15) is 17.3 Å². The summed E-state index contributed by atoms with van der Waals surface area (Å²) in [4.78, 5) is 10.1. The highest BCUT2D eigenvalue weighted by molar-refractivity contribution is 5.63. The van der Waals surface area contributed by atoms with Crippen LogP contribution >= 0.6 is 0 Å². The molecule has 0 amide bonds. The number of nitrogens with zero attached hydrogens (tertiary/aromatic N) is 1. The van der Waals surface area contributed by atoms with Crippen molar-refractivity contribution in [2.45, 2.75) is 13.3 Å². The summed E-state index contributed by atoms with van der Waals surface area (Å²) >= 11 is 0. The maximum absolute atomic E-state index is 12.9. The predicted molar refractivity (Wildman–Crippen MR) is 62.4 cm³/mol. The first kappa shape index (κ1) is 12.3. The van der Waals surface area contributed by atoms with E-state index in [0.29, 0.717) is 24.3 Å². The molecular formula is C13H12FNO3. The Labute approximate surface area is 103 Å². The Morgan fingerprint density at radius 1 is 1.39 bits per heavy atom. The van der Waals surface area contributed by atoms with E-state index in [0.717, 1.165) is 11.1 Å². The highest BCUT2D eigenvalue weighted by Gasteiger charge is 2.14. The van der Waals surface area contributed by atoms with E-state index in [4.69, 9.17) is 4.52 Å². The van der Waals surface area contributed by atoms with Gasteiger partial charge in [0.15, 0.2) is 0 Å². The molecule has 2 aromatic rings. The minimum absolute atomic E-state index is 0.264. The Morgan fingerprint density at radius 3 is 2.78 bits per heavy atom. The first-order valence-corrected chi connectivity index (χ1v) is 5.48. The summed E-state index contributed by atoms with van der Waals surface area (Å²) in [6.07, 6.45) is 0.515. The van der Waals surface area contributed by atoms with Gasteiger partial charge in [-0.3, -0.25) is 4.79 Å². The molecule has 0 aliphatic carbocycles. The van der Waals surface area contributed by atoms with Crippen LogP contribution in [0.1, 0.15) is 11.3 Å². The van der Waals surface area contributed by atoms with Crippen molar-refractivity contribution < 1.29 is 18.4 Å². The van der Waals surface area contributed by atoms with Crippen LogP contribution in [-0.4, -0.2) is 18.2 Å². The summed E-state index contributed by atoms with van der Waals surface area (Å²) in [6, 6.07) is 6.00. The summed E-state index contributed by atoms with van der Waals surface area (Å²) in [7, 11) is 0. The number of aromatic nitrogens is 1. The van der Waals surface area contributed by atoms with Crippen LogP contribution < -0.4 is 0 Å². The predicted octanol–water partition coefficient (Wildman–Crippen LogP) is 2.50. The molecule has 94 valence electrons. The van der Waals surface area contributed by atoms with Crippen molar-refractivity contribution in [3.05, 3.63) is 41.4 Å². The number of hydrogen-bond donors (Lipinski definition) is 0. The quantitative estimate of drug-likeness (QED) is 0.603. The van der Waals surface area contributed by atoms with Crippen LogP contribution in [-0.2, 0) is 16.0 Å². The van der Waals surface area contributed by atoms with Crippen LogP contribution in [0.5, 0.6) is 0 Å². The van der Waals surface area contributed by atoms with Gasteiger partial charge in [0.05, 0.1) is 6.61 Å². The minimum atomic E-state index is -0.301. The molecule has 1 heterocycles. The van der Waals surface area contributed by atoms with E-state index in [1.807, 2.05) is 0 Å². The van der Waals surface area contributed by atoms with Crippen molar-refractivity contribution in [1.82, 2.24) is 5.16 Å². The topological polar surface area (TPSA) is 52.3 Å². The largest absolute Gasteiger partial charge is 0.468 e. The molecule has 0 bridgehead atoms. The lowest BCUT2D eigenvalue weighted by molar-refractivity contribution is -0.128. The summed E-state index contributed by atoms with van der Waals surface area (Å²) in [6.45, 7) is 2.45. The van der Waals surface area contributed by atoms with Gasteiger partial charge in [0, 0.05) is 17.5 Å². The van der Waals surface area contributed by atoms with E-state index in [2.05, 4.69) is 9.89 Å². The van der Waals surface area contributed by atoms with Gasteiger partial charge in [-0.15, -0.1) is 0 Å². The second-order valence-electron chi connectivity index (χ2n) is 3.79. The van der Waals surface area contributed by atoms with Gasteiger partial charge < -0.3 is 9.26 Å². The van der Waals surface area contributed by atoms with Crippen LogP contribution in [0.25, 0.3) is 11.3 Å². The van der Waals surface area contributed by atoms with Crippen molar-refractivity contribution in [2.75, 3.05) is 6.61 Å². The van der Waals surface area contributed by atoms with Gasteiger partial charge in [0.25, 0.3) is 6.47 Å². The Morgan fingerprint density at radius 2 is 2.11 bits per heavy atom. The molecule has 0 aliphatic heterocycles. The standard InChI is InChI=1S/C13H12FNO3/c1-9-12(6-7-17-8-16)13(15-18-9)10-2-4-11(14)5-3-10/h2-5,8H,6-7H2,1H3. The minimum Gasteiger partial charge on any atom is -0.468 e. The van der Waals surface area contributed by atoms with Crippen molar-refractivity contribution in [3.63, 3.8) is 0 Å². The first-order chi connectivity index (χ1) is 8.72. The molecule has 0 aliphatic rings. The molecule has 1 aromatic carbocycles. The molecule has 0 saturated carbocycles. The number of halogens is 1. The molecular weight excluding hydrogens is 237 g/mol. The Hall–Kier alpha value is -2.17. The Kier molecular flexibility index (Phi) is 3.72. The number of hydrogen-bond acceptors (Lipinski definition) is 4. The third kappa shape index (κ3) is 2.56. The zero-order chi connectivity index (χ0) is 13.0. The molecule has 0 fully saturated rings. The molecule has 18 heavy (non-hydrogen) atoms. The lowest BCUT2D eigenvalue weighted by Gasteiger charge is -2.02. The van der Waals surface area contributed by atoms with E-state index in [-0.39, 0.29) is 12.4 Å². The highest BCUT2D eigenvalue weighted by Crippen LogP contribution is 2.25. The molecule has 0 spiro atoms. The first-order valence-electron chi connectivity index (χ1n) is 5.48. The number of ether oxygens (including phenoxy) is 1. The number of carbonyl (C=O) groups is 1. The summed E-state index contributed by atoms with van der Waals surface area (Å²) in [5.74, 6) is 0.369. The van der Waals surface area contributed by atoms with Gasteiger partial charge >= 0.3 is 0 Å². The van der Waals surface area contributed by atoms with Crippen molar-refractivity contribution in [1.29, 1.82) is 0 Å². The number of carbonyl (C=O) groups excluding carboxylic acids is 1. The average Bonchev–Trinajstić information content (AvgIpc) is 2.73. The molecule has 0 saturated heterocycles. The van der Waals surface area contributed by atoms with Gasteiger partial charge in [0.2, 0.25) is 0 Å². The Bertz CT molecular complexity index is 534. The van der Waals surface area contributed by atoms with Crippen LogP contribution in [0.15, 0.2) is 28.8 Å². The summed E-state index contributed by atoms with van der Waals surface area (Å²) < 4.78 is 22.6. The lowest BCUT2D eigenvalue weighted by Crippen LogP contribution is -1.98. The van der Waals surface area contributed by atoms with Gasteiger partial charge in [-0.05, 0) is 31.2 Å². The fourth-order valence-corrected chi connectivity index (χ4v) is 1.73. The van der Waals surface area contributed by atoms with Gasteiger partial charge in [-0.2, -0.15) is 0 Å². The molecule has 1 aromatic heterocycles.